The minimum absolute atomic E-state index is 0.0597. The number of hydrogen-bond acceptors (Lipinski definition) is 2. The average Bonchev–Trinajstić information content (AvgIpc) is 2.80. The van der Waals surface area contributed by atoms with E-state index in [2.05, 4.69) is 29.6 Å². The Bertz CT molecular complexity index is 1120. The molecule has 1 atom stereocenters. The van der Waals surface area contributed by atoms with Gasteiger partial charge in [0.15, 0.2) is 0 Å². The zero-order valence-corrected chi connectivity index (χ0v) is 21.8. The molecule has 0 spiro atoms. The third-order valence-electron chi connectivity index (χ3n) is 5.76. The van der Waals surface area contributed by atoms with Crippen molar-refractivity contribution in [2.24, 2.45) is 0 Å². The number of carbonyl (C=O) groups is 2. The molecule has 0 bridgehead atoms. The van der Waals surface area contributed by atoms with E-state index in [-0.39, 0.29) is 11.8 Å². The highest BCUT2D eigenvalue weighted by atomic mass is 35.5. The number of nitrogens with zero attached hydrogens (tertiary/aromatic N) is 1. The highest BCUT2D eigenvalue weighted by molar-refractivity contribution is 6.30. The number of nitrogens with one attached hydrogen (secondary N) is 1. The Hall–Kier alpha value is -3.11. The van der Waals surface area contributed by atoms with Gasteiger partial charge in [-0.15, -0.1) is 0 Å². The maximum Gasteiger partial charge on any atom is 0.243 e. The molecule has 0 aliphatic heterocycles. The van der Waals surface area contributed by atoms with Crippen molar-refractivity contribution >= 4 is 23.4 Å². The van der Waals surface area contributed by atoms with Gasteiger partial charge in [0.2, 0.25) is 11.8 Å². The number of carbonyl (C=O) groups excluding carboxylic acids is 2. The van der Waals surface area contributed by atoms with Gasteiger partial charge in [-0.25, -0.2) is 0 Å². The fourth-order valence-corrected chi connectivity index (χ4v) is 4.20. The molecule has 3 aromatic rings. The lowest BCUT2D eigenvalue weighted by atomic mass is 9.99. The van der Waals surface area contributed by atoms with Crippen LogP contribution in [-0.4, -0.2) is 28.3 Å². The minimum Gasteiger partial charge on any atom is -0.350 e. The topological polar surface area (TPSA) is 49.4 Å². The van der Waals surface area contributed by atoms with E-state index >= 15 is 0 Å². The largest absolute Gasteiger partial charge is 0.350 e. The van der Waals surface area contributed by atoms with E-state index in [1.807, 2.05) is 82.3 Å². The zero-order chi connectivity index (χ0) is 25.4. The van der Waals surface area contributed by atoms with Crippen LogP contribution in [0.1, 0.15) is 49.4 Å². The van der Waals surface area contributed by atoms with Crippen LogP contribution < -0.4 is 5.32 Å². The third-order valence-corrected chi connectivity index (χ3v) is 5.99. The summed E-state index contributed by atoms with van der Waals surface area (Å²) in [6.07, 6.45) is 1.36. The van der Waals surface area contributed by atoms with E-state index in [4.69, 9.17) is 11.6 Å². The number of rotatable bonds is 9. The second-order valence-corrected chi connectivity index (χ2v) is 10.5. The first-order valence-corrected chi connectivity index (χ1v) is 12.4. The normalized spacial score (nSPS) is 12.1. The molecule has 0 fully saturated rings. The predicted octanol–water partition coefficient (Wildman–Crippen LogP) is 6.14. The highest BCUT2D eigenvalue weighted by Crippen LogP contribution is 2.20. The molecule has 3 aromatic carbocycles. The Morgan fingerprint density at radius 2 is 1.54 bits per heavy atom. The van der Waals surface area contributed by atoms with Gasteiger partial charge in [0.05, 0.1) is 0 Å². The zero-order valence-electron chi connectivity index (χ0n) is 21.1. The Morgan fingerprint density at radius 3 is 2.17 bits per heavy atom. The SMILES string of the molecule is Cc1ccc(CCC(=O)N(Cc2cccc(Cl)c2)[C@H](Cc2ccccc2)C(=O)NC(C)(C)C)cc1. The van der Waals surface area contributed by atoms with E-state index in [9.17, 15) is 9.59 Å². The van der Waals surface area contributed by atoms with Crippen LogP contribution in [0.5, 0.6) is 0 Å². The van der Waals surface area contributed by atoms with Crippen LogP contribution in [0.15, 0.2) is 78.9 Å². The van der Waals surface area contributed by atoms with Crippen molar-refractivity contribution < 1.29 is 9.59 Å². The second kappa shape index (κ2) is 12.0. The quantitative estimate of drug-likeness (QED) is 0.392. The fraction of sp³-hybridized carbons (Fsp3) is 0.333. The lowest BCUT2D eigenvalue weighted by Gasteiger charge is -2.34. The van der Waals surface area contributed by atoms with Gasteiger partial charge in [0, 0.05) is 29.9 Å². The molecule has 3 rings (SSSR count). The fourth-order valence-electron chi connectivity index (χ4n) is 3.99. The molecule has 0 heterocycles. The molecule has 4 nitrogen and oxygen atoms in total. The van der Waals surface area contributed by atoms with Crippen molar-refractivity contribution in [1.82, 2.24) is 10.2 Å². The Balaban J connectivity index is 1.92. The van der Waals surface area contributed by atoms with Crippen LogP contribution in [0, 0.1) is 6.92 Å². The summed E-state index contributed by atoms with van der Waals surface area (Å²) in [6.45, 7) is 8.20. The summed E-state index contributed by atoms with van der Waals surface area (Å²) in [5.74, 6) is -0.220. The number of benzene rings is 3. The number of halogens is 1. The molecule has 184 valence electrons. The maximum atomic E-state index is 13.7. The van der Waals surface area contributed by atoms with Crippen molar-refractivity contribution in [2.75, 3.05) is 0 Å². The molecule has 0 unspecified atom stereocenters. The third kappa shape index (κ3) is 8.56. The predicted molar refractivity (Wildman–Crippen MR) is 143 cm³/mol. The van der Waals surface area contributed by atoms with Gasteiger partial charge in [-0.2, -0.15) is 0 Å². The summed E-state index contributed by atoms with van der Waals surface area (Å²) >= 11 is 6.24. The van der Waals surface area contributed by atoms with Gasteiger partial charge in [-0.1, -0.05) is 83.9 Å². The molecule has 0 aliphatic rings. The van der Waals surface area contributed by atoms with Crippen LogP contribution in [0.3, 0.4) is 0 Å². The van der Waals surface area contributed by atoms with E-state index < -0.39 is 11.6 Å². The molecule has 35 heavy (non-hydrogen) atoms. The van der Waals surface area contributed by atoms with Gasteiger partial charge in [0.25, 0.3) is 0 Å². The maximum absolute atomic E-state index is 13.7. The molecule has 0 saturated heterocycles. The molecular weight excluding hydrogens is 456 g/mol. The van der Waals surface area contributed by atoms with Crippen LogP contribution >= 0.6 is 11.6 Å². The monoisotopic (exact) mass is 490 g/mol. The van der Waals surface area contributed by atoms with Gasteiger partial charge in [-0.3, -0.25) is 9.59 Å². The summed E-state index contributed by atoms with van der Waals surface area (Å²) in [6, 6.07) is 24.9. The summed E-state index contributed by atoms with van der Waals surface area (Å²) < 4.78 is 0. The van der Waals surface area contributed by atoms with Crippen LogP contribution in [0.25, 0.3) is 0 Å². The first kappa shape index (κ1) is 26.5. The molecule has 0 saturated carbocycles. The van der Waals surface area contributed by atoms with Crippen molar-refractivity contribution in [3.05, 3.63) is 106 Å². The van der Waals surface area contributed by atoms with E-state index in [1.165, 1.54) is 5.56 Å². The second-order valence-electron chi connectivity index (χ2n) is 10.1. The average molecular weight is 491 g/mol. The lowest BCUT2D eigenvalue weighted by molar-refractivity contribution is -0.141. The van der Waals surface area contributed by atoms with Crippen LogP contribution in [0.4, 0.5) is 0 Å². The lowest BCUT2D eigenvalue weighted by Crippen LogP contribution is -2.54. The first-order chi connectivity index (χ1) is 16.6. The molecular formula is C30H35ClN2O2. The highest BCUT2D eigenvalue weighted by Gasteiger charge is 2.32. The van der Waals surface area contributed by atoms with E-state index in [0.717, 1.165) is 16.7 Å². The van der Waals surface area contributed by atoms with Crippen molar-refractivity contribution in [3.63, 3.8) is 0 Å². The smallest absolute Gasteiger partial charge is 0.243 e. The number of aryl methyl sites for hydroxylation is 2. The first-order valence-electron chi connectivity index (χ1n) is 12.1. The Labute approximate surface area is 214 Å². The van der Waals surface area contributed by atoms with E-state index in [1.54, 1.807) is 4.90 Å². The molecule has 1 N–H and O–H groups in total. The van der Waals surface area contributed by atoms with Crippen molar-refractivity contribution in [1.29, 1.82) is 0 Å². The Morgan fingerprint density at radius 1 is 0.886 bits per heavy atom. The standard InChI is InChI=1S/C30H35ClN2O2/c1-22-13-15-23(16-14-22)17-18-28(34)33(21-25-11-8-12-26(31)19-25)27(29(35)32-30(2,3)4)20-24-9-6-5-7-10-24/h5-16,19,27H,17-18,20-21H2,1-4H3,(H,32,35)/t27-/m1/s1. The number of amides is 2. The Kier molecular flexibility index (Phi) is 9.11. The molecule has 0 radical (unpaired) electrons. The molecule has 2 amide bonds. The van der Waals surface area contributed by atoms with Crippen molar-refractivity contribution in [3.8, 4) is 0 Å². The van der Waals surface area contributed by atoms with Gasteiger partial charge in [0.1, 0.15) is 6.04 Å². The minimum atomic E-state index is -0.652. The summed E-state index contributed by atoms with van der Waals surface area (Å²) in [4.78, 5) is 29.0. The molecule has 5 heteroatoms. The molecule has 0 aromatic heterocycles. The van der Waals surface area contributed by atoms with Gasteiger partial charge in [-0.05, 0) is 62.9 Å². The summed E-state index contributed by atoms with van der Waals surface area (Å²) in [7, 11) is 0. The molecule has 0 aliphatic carbocycles. The van der Waals surface area contributed by atoms with Crippen LogP contribution in [0.2, 0.25) is 5.02 Å². The van der Waals surface area contributed by atoms with Gasteiger partial charge < -0.3 is 10.2 Å². The van der Waals surface area contributed by atoms with Crippen LogP contribution in [-0.2, 0) is 29.0 Å². The van der Waals surface area contributed by atoms with Crippen molar-refractivity contribution in [2.45, 2.75) is 65.1 Å². The summed E-state index contributed by atoms with van der Waals surface area (Å²) in [5.41, 5.74) is 3.76. The summed E-state index contributed by atoms with van der Waals surface area (Å²) in [5, 5.41) is 3.70. The number of hydrogen-bond donors (Lipinski definition) is 1. The van der Waals surface area contributed by atoms with E-state index in [0.29, 0.717) is 30.8 Å². The van der Waals surface area contributed by atoms with Gasteiger partial charge >= 0.3 is 0 Å².